The summed E-state index contributed by atoms with van der Waals surface area (Å²) in [6.07, 6.45) is 2.57. The van der Waals surface area contributed by atoms with Gasteiger partial charge in [0.1, 0.15) is 0 Å². The standard InChI is InChI=1S/C9H15N3O2/c1-4-5-12-8(6-10-11-12)7(2)9(13)14-3/h6-7H,4-5H2,1-3H3. The van der Waals surface area contributed by atoms with Crippen molar-refractivity contribution in [2.75, 3.05) is 7.11 Å². The number of hydrogen-bond acceptors (Lipinski definition) is 4. The molecule has 5 heteroatoms. The highest BCUT2D eigenvalue weighted by molar-refractivity contribution is 5.76. The molecule has 0 aromatic carbocycles. The van der Waals surface area contributed by atoms with Crippen LogP contribution in [-0.4, -0.2) is 28.1 Å². The largest absolute Gasteiger partial charge is 0.469 e. The molecule has 1 heterocycles. The van der Waals surface area contributed by atoms with Gasteiger partial charge in [-0.2, -0.15) is 0 Å². The molecule has 1 rings (SSSR count). The fraction of sp³-hybridized carbons (Fsp3) is 0.667. The van der Waals surface area contributed by atoms with Crippen LogP contribution in [0.4, 0.5) is 0 Å². The Bertz CT molecular complexity index is 309. The van der Waals surface area contributed by atoms with E-state index in [2.05, 4.69) is 15.0 Å². The van der Waals surface area contributed by atoms with Gasteiger partial charge in [-0.3, -0.25) is 4.79 Å². The first-order chi connectivity index (χ1) is 6.70. The van der Waals surface area contributed by atoms with Gasteiger partial charge in [0.2, 0.25) is 0 Å². The van der Waals surface area contributed by atoms with Crippen LogP contribution < -0.4 is 0 Å². The fourth-order valence-electron chi connectivity index (χ4n) is 1.28. The van der Waals surface area contributed by atoms with Crippen molar-refractivity contribution in [3.05, 3.63) is 11.9 Å². The van der Waals surface area contributed by atoms with Crippen molar-refractivity contribution in [3.63, 3.8) is 0 Å². The molecule has 0 bridgehead atoms. The highest BCUT2D eigenvalue weighted by atomic mass is 16.5. The molecular formula is C9H15N3O2. The monoisotopic (exact) mass is 197 g/mol. The highest BCUT2D eigenvalue weighted by Crippen LogP contribution is 2.15. The number of methoxy groups -OCH3 is 1. The minimum Gasteiger partial charge on any atom is -0.469 e. The van der Waals surface area contributed by atoms with Crippen LogP contribution in [0.25, 0.3) is 0 Å². The van der Waals surface area contributed by atoms with Crippen LogP contribution in [0.2, 0.25) is 0 Å². The average molecular weight is 197 g/mol. The first-order valence-electron chi connectivity index (χ1n) is 4.67. The van der Waals surface area contributed by atoms with Gasteiger partial charge in [-0.05, 0) is 13.3 Å². The van der Waals surface area contributed by atoms with Gasteiger partial charge in [-0.25, -0.2) is 4.68 Å². The maximum absolute atomic E-state index is 11.3. The number of aryl methyl sites for hydroxylation is 1. The summed E-state index contributed by atoms with van der Waals surface area (Å²) in [6, 6.07) is 0. The van der Waals surface area contributed by atoms with E-state index >= 15 is 0 Å². The molecule has 0 aliphatic carbocycles. The summed E-state index contributed by atoms with van der Waals surface area (Å²) in [7, 11) is 1.38. The van der Waals surface area contributed by atoms with E-state index in [1.165, 1.54) is 7.11 Å². The van der Waals surface area contributed by atoms with Gasteiger partial charge in [-0.15, -0.1) is 5.10 Å². The van der Waals surface area contributed by atoms with Crippen LogP contribution in [-0.2, 0) is 16.1 Å². The van der Waals surface area contributed by atoms with Crippen LogP contribution in [0.1, 0.15) is 31.9 Å². The number of carbonyl (C=O) groups is 1. The number of carbonyl (C=O) groups excluding carboxylic acids is 1. The Kier molecular flexibility index (Phi) is 3.62. The average Bonchev–Trinajstić information content (AvgIpc) is 2.64. The Labute approximate surface area is 83.1 Å². The van der Waals surface area contributed by atoms with Crippen molar-refractivity contribution in [2.45, 2.75) is 32.7 Å². The third-order valence-corrected chi connectivity index (χ3v) is 2.08. The van der Waals surface area contributed by atoms with Crippen molar-refractivity contribution in [1.29, 1.82) is 0 Å². The zero-order valence-electron chi connectivity index (χ0n) is 8.73. The zero-order chi connectivity index (χ0) is 10.6. The van der Waals surface area contributed by atoms with E-state index in [4.69, 9.17) is 0 Å². The molecule has 1 aromatic heterocycles. The third kappa shape index (κ3) is 2.10. The second-order valence-electron chi connectivity index (χ2n) is 3.13. The molecule has 78 valence electrons. The molecule has 0 spiro atoms. The molecule has 5 nitrogen and oxygen atoms in total. The van der Waals surface area contributed by atoms with Crippen molar-refractivity contribution in [3.8, 4) is 0 Å². The molecule has 1 aromatic rings. The molecule has 0 aliphatic rings. The van der Waals surface area contributed by atoms with E-state index < -0.39 is 0 Å². The number of rotatable bonds is 4. The molecule has 1 atom stereocenters. The van der Waals surface area contributed by atoms with Crippen molar-refractivity contribution in [2.24, 2.45) is 0 Å². The van der Waals surface area contributed by atoms with Gasteiger partial charge >= 0.3 is 5.97 Å². The second kappa shape index (κ2) is 4.74. The molecule has 0 saturated heterocycles. The summed E-state index contributed by atoms with van der Waals surface area (Å²) in [5, 5.41) is 7.69. The van der Waals surface area contributed by atoms with Gasteiger partial charge in [0.15, 0.2) is 0 Å². The maximum atomic E-state index is 11.3. The lowest BCUT2D eigenvalue weighted by Gasteiger charge is -2.09. The third-order valence-electron chi connectivity index (χ3n) is 2.08. The number of ether oxygens (including phenoxy) is 1. The Balaban J connectivity index is 2.83. The smallest absolute Gasteiger partial charge is 0.314 e. The number of hydrogen-bond donors (Lipinski definition) is 0. The molecule has 0 saturated carbocycles. The van der Waals surface area contributed by atoms with E-state index in [0.717, 1.165) is 18.7 Å². The van der Waals surface area contributed by atoms with Gasteiger partial charge in [0.05, 0.1) is 24.9 Å². The SMILES string of the molecule is CCCn1nncc1C(C)C(=O)OC. The minimum absolute atomic E-state index is 0.260. The molecular weight excluding hydrogens is 182 g/mol. The van der Waals surface area contributed by atoms with Crippen LogP contribution >= 0.6 is 0 Å². The zero-order valence-corrected chi connectivity index (χ0v) is 8.73. The lowest BCUT2D eigenvalue weighted by molar-refractivity contribution is -0.142. The fourth-order valence-corrected chi connectivity index (χ4v) is 1.28. The molecule has 0 radical (unpaired) electrons. The first kappa shape index (κ1) is 10.7. The summed E-state index contributed by atoms with van der Waals surface area (Å²) < 4.78 is 6.40. The summed E-state index contributed by atoms with van der Waals surface area (Å²) in [6.45, 7) is 4.61. The minimum atomic E-state index is -0.304. The molecule has 14 heavy (non-hydrogen) atoms. The number of nitrogens with zero attached hydrogens (tertiary/aromatic N) is 3. The molecule has 0 amide bonds. The van der Waals surface area contributed by atoms with Gasteiger partial charge in [-0.1, -0.05) is 12.1 Å². The molecule has 0 fully saturated rings. The number of aromatic nitrogens is 3. The second-order valence-corrected chi connectivity index (χ2v) is 3.13. The van der Waals surface area contributed by atoms with Crippen molar-refractivity contribution >= 4 is 5.97 Å². The quantitative estimate of drug-likeness (QED) is 0.675. The lowest BCUT2D eigenvalue weighted by Crippen LogP contribution is -2.16. The van der Waals surface area contributed by atoms with E-state index in [1.807, 2.05) is 6.92 Å². The maximum Gasteiger partial charge on any atom is 0.314 e. The summed E-state index contributed by atoms with van der Waals surface area (Å²) in [5.41, 5.74) is 0.804. The summed E-state index contributed by atoms with van der Waals surface area (Å²) in [4.78, 5) is 11.3. The van der Waals surface area contributed by atoms with Crippen LogP contribution in [0.3, 0.4) is 0 Å². The Morgan fingerprint density at radius 3 is 3.00 bits per heavy atom. The predicted molar refractivity (Wildman–Crippen MR) is 50.7 cm³/mol. The molecule has 1 unspecified atom stereocenters. The van der Waals surface area contributed by atoms with Gasteiger partial charge < -0.3 is 4.74 Å². The van der Waals surface area contributed by atoms with E-state index in [-0.39, 0.29) is 11.9 Å². The highest BCUT2D eigenvalue weighted by Gasteiger charge is 2.20. The van der Waals surface area contributed by atoms with Crippen molar-refractivity contribution in [1.82, 2.24) is 15.0 Å². The van der Waals surface area contributed by atoms with Crippen LogP contribution in [0, 0.1) is 0 Å². The predicted octanol–water partition coefficient (Wildman–Crippen LogP) is 0.965. The van der Waals surface area contributed by atoms with E-state index in [9.17, 15) is 4.79 Å². The molecule has 0 N–H and O–H groups in total. The lowest BCUT2D eigenvalue weighted by atomic mass is 10.1. The summed E-state index contributed by atoms with van der Waals surface area (Å²) >= 11 is 0. The Morgan fingerprint density at radius 1 is 1.71 bits per heavy atom. The summed E-state index contributed by atoms with van der Waals surface area (Å²) in [5.74, 6) is -0.564. The van der Waals surface area contributed by atoms with Crippen LogP contribution in [0.5, 0.6) is 0 Å². The Morgan fingerprint density at radius 2 is 2.43 bits per heavy atom. The van der Waals surface area contributed by atoms with Crippen molar-refractivity contribution < 1.29 is 9.53 Å². The topological polar surface area (TPSA) is 57.0 Å². The van der Waals surface area contributed by atoms with Gasteiger partial charge in [0.25, 0.3) is 0 Å². The number of esters is 1. The Hall–Kier alpha value is -1.39. The first-order valence-corrected chi connectivity index (χ1v) is 4.67. The van der Waals surface area contributed by atoms with Crippen LogP contribution in [0.15, 0.2) is 6.20 Å². The van der Waals surface area contributed by atoms with E-state index in [0.29, 0.717) is 0 Å². The van der Waals surface area contributed by atoms with Gasteiger partial charge in [0, 0.05) is 6.54 Å². The normalized spacial score (nSPS) is 12.5. The van der Waals surface area contributed by atoms with E-state index in [1.54, 1.807) is 17.8 Å². The molecule has 0 aliphatic heterocycles.